The second-order valence-corrected chi connectivity index (χ2v) is 7.41. The molecule has 136 valence electrons. The molecule has 0 radical (unpaired) electrons. The number of piperidine rings is 2. The van der Waals surface area contributed by atoms with Crippen molar-refractivity contribution in [1.82, 2.24) is 9.80 Å². The summed E-state index contributed by atoms with van der Waals surface area (Å²) in [6, 6.07) is 9.47. The fourth-order valence-electron chi connectivity index (χ4n) is 4.14. The summed E-state index contributed by atoms with van der Waals surface area (Å²) in [6.45, 7) is 4.04. The molecular weight excluding hydrogens is 314 g/mol. The number of benzene rings is 1. The van der Waals surface area contributed by atoms with Gasteiger partial charge in [0.05, 0.1) is 5.92 Å². The van der Waals surface area contributed by atoms with Gasteiger partial charge in [0.2, 0.25) is 5.91 Å². The largest absolute Gasteiger partial charge is 0.338 e. The van der Waals surface area contributed by atoms with Crippen LogP contribution in [0.4, 0.5) is 0 Å². The van der Waals surface area contributed by atoms with E-state index in [2.05, 4.69) is 0 Å². The van der Waals surface area contributed by atoms with Crippen LogP contribution in [-0.2, 0) is 4.79 Å². The van der Waals surface area contributed by atoms with Gasteiger partial charge in [0.25, 0.3) is 5.91 Å². The highest BCUT2D eigenvalue weighted by molar-refractivity contribution is 5.94. The maximum absolute atomic E-state index is 13.1. The van der Waals surface area contributed by atoms with Crippen LogP contribution in [0.25, 0.3) is 0 Å². The number of carbonyl (C=O) groups is 2. The van der Waals surface area contributed by atoms with Crippen molar-refractivity contribution in [3.8, 4) is 0 Å². The van der Waals surface area contributed by atoms with Gasteiger partial charge in [-0.1, -0.05) is 18.2 Å². The second-order valence-electron chi connectivity index (χ2n) is 7.41. The van der Waals surface area contributed by atoms with Crippen molar-refractivity contribution >= 4 is 11.8 Å². The predicted octanol–water partition coefficient (Wildman–Crippen LogP) is 2.27. The lowest BCUT2D eigenvalue weighted by Gasteiger charge is -2.42. The Morgan fingerprint density at radius 2 is 1.84 bits per heavy atom. The minimum atomic E-state index is -0.0965. The molecule has 2 N–H and O–H groups in total. The molecule has 1 aromatic rings. The Bertz CT molecular complexity index is 602. The molecule has 0 saturated carbocycles. The maximum Gasteiger partial charge on any atom is 0.253 e. The van der Waals surface area contributed by atoms with Crippen molar-refractivity contribution in [3.63, 3.8) is 0 Å². The van der Waals surface area contributed by atoms with Crippen LogP contribution in [0.3, 0.4) is 0 Å². The van der Waals surface area contributed by atoms with E-state index in [1.807, 2.05) is 47.1 Å². The molecule has 2 heterocycles. The van der Waals surface area contributed by atoms with Crippen LogP contribution in [0.15, 0.2) is 30.3 Å². The highest BCUT2D eigenvalue weighted by Gasteiger charge is 2.36. The van der Waals surface area contributed by atoms with Gasteiger partial charge in [0.15, 0.2) is 0 Å². The Morgan fingerprint density at radius 1 is 1.08 bits per heavy atom. The monoisotopic (exact) mass is 343 g/mol. The molecule has 2 aliphatic rings. The van der Waals surface area contributed by atoms with Gasteiger partial charge in [0, 0.05) is 37.3 Å². The van der Waals surface area contributed by atoms with Crippen LogP contribution in [0.2, 0.25) is 0 Å². The molecule has 0 spiro atoms. The molecule has 2 aliphatic heterocycles. The lowest BCUT2D eigenvalue weighted by Crippen LogP contribution is -2.55. The van der Waals surface area contributed by atoms with Gasteiger partial charge in [-0.25, -0.2) is 0 Å². The SMILES string of the molecule is CC(N)C1CCCCN1C(=O)C1CCCN(C(=O)c2ccccc2)C1. The highest BCUT2D eigenvalue weighted by atomic mass is 16.2. The summed E-state index contributed by atoms with van der Waals surface area (Å²) < 4.78 is 0. The van der Waals surface area contributed by atoms with Crippen molar-refractivity contribution in [3.05, 3.63) is 35.9 Å². The molecular formula is C20H29N3O2. The van der Waals surface area contributed by atoms with Gasteiger partial charge >= 0.3 is 0 Å². The number of rotatable bonds is 3. The molecule has 2 amide bonds. The maximum atomic E-state index is 13.1. The lowest BCUT2D eigenvalue weighted by atomic mass is 9.91. The van der Waals surface area contributed by atoms with Crippen LogP contribution in [-0.4, -0.2) is 53.3 Å². The molecule has 3 unspecified atom stereocenters. The second kappa shape index (κ2) is 8.00. The van der Waals surface area contributed by atoms with E-state index in [0.717, 1.165) is 45.2 Å². The fourth-order valence-corrected chi connectivity index (χ4v) is 4.14. The summed E-state index contributed by atoms with van der Waals surface area (Å²) in [5, 5.41) is 0. The third-order valence-corrected chi connectivity index (χ3v) is 5.52. The van der Waals surface area contributed by atoms with Crippen molar-refractivity contribution < 1.29 is 9.59 Å². The fraction of sp³-hybridized carbons (Fsp3) is 0.600. The number of nitrogens with zero attached hydrogens (tertiary/aromatic N) is 2. The number of carbonyl (C=O) groups excluding carboxylic acids is 2. The van der Waals surface area contributed by atoms with E-state index >= 15 is 0 Å². The number of nitrogens with two attached hydrogens (primary N) is 1. The van der Waals surface area contributed by atoms with E-state index in [1.165, 1.54) is 0 Å². The quantitative estimate of drug-likeness (QED) is 0.915. The molecule has 1 aromatic carbocycles. The van der Waals surface area contributed by atoms with Crippen molar-refractivity contribution in [2.24, 2.45) is 11.7 Å². The average molecular weight is 343 g/mol. The number of amides is 2. The zero-order chi connectivity index (χ0) is 17.8. The first-order valence-electron chi connectivity index (χ1n) is 9.48. The van der Waals surface area contributed by atoms with Crippen molar-refractivity contribution in [2.45, 2.75) is 51.1 Å². The summed E-state index contributed by atoms with van der Waals surface area (Å²) in [5.74, 6) is 0.119. The summed E-state index contributed by atoms with van der Waals surface area (Å²) in [4.78, 5) is 29.6. The summed E-state index contributed by atoms with van der Waals surface area (Å²) in [7, 11) is 0. The zero-order valence-corrected chi connectivity index (χ0v) is 15.1. The number of hydrogen-bond acceptors (Lipinski definition) is 3. The zero-order valence-electron chi connectivity index (χ0n) is 15.1. The third kappa shape index (κ3) is 4.03. The average Bonchev–Trinajstić information content (AvgIpc) is 2.67. The molecule has 3 atom stereocenters. The van der Waals surface area contributed by atoms with E-state index in [9.17, 15) is 9.59 Å². The van der Waals surface area contributed by atoms with E-state index < -0.39 is 0 Å². The van der Waals surface area contributed by atoms with Crippen LogP contribution in [0.1, 0.15) is 49.4 Å². The third-order valence-electron chi connectivity index (χ3n) is 5.52. The van der Waals surface area contributed by atoms with Crippen LogP contribution in [0.5, 0.6) is 0 Å². The van der Waals surface area contributed by atoms with E-state index in [4.69, 9.17) is 5.73 Å². The molecule has 25 heavy (non-hydrogen) atoms. The first-order valence-corrected chi connectivity index (χ1v) is 9.48. The molecule has 0 aliphatic carbocycles. The van der Waals surface area contributed by atoms with Gasteiger partial charge in [-0.3, -0.25) is 9.59 Å². The van der Waals surface area contributed by atoms with Gasteiger partial charge in [-0.15, -0.1) is 0 Å². The Balaban J connectivity index is 1.68. The Labute approximate surface area is 150 Å². The summed E-state index contributed by atoms with van der Waals surface area (Å²) >= 11 is 0. The van der Waals surface area contributed by atoms with Crippen LogP contribution >= 0.6 is 0 Å². The molecule has 2 fully saturated rings. The van der Waals surface area contributed by atoms with E-state index in [-0.39, 0.29) is 29.8 Å². The van der Waals surface area contributed by atoms with Gasteiger partial charge in [-0.2, -0.15) is 0 Å². The van der Waals surface area contributed by atoms with Crippen molar-refractivity contribution in [1.29, 1.82) is 0 Å². The van der Waals surface area contributed by atoms with Crippen molar-refractivity contribution in [2.75, 3.05) is 19.6 Å². The molecule has 3 rings (SSSR count). The minimum Gasteiger partial charge on any atom is -0.338 e. The first-order chi connectivity index (χ1) is 12.1. The Kier molecular flexibility index (Phi) is 5.74. The molecule has 2 saturated heterocycles. The van der Waals surface area contributed by atoms with Gasteiger partial charge < -0.3 is 15.5 Å². The Hall–Kier alpha value is -1.88. The van der Waals surface area contributed by atoms with Crippen LogP contribution < -0.4 is 5.73 Å². The minimum absolute atomic E-state index is 0.00473. The van der Waals surface area contributed by atoms with Crippen LogP contribution in [0, 0.1) is 5.92 Å². The van der Waals surface area contributed by atoms with Gasteiger partial charge in [0.1, 0.15) is 0 Å². The summed E-state index contributed by atoms with van der Waals surface area (Å²) in [6.07, 6.45) is 4.92. The van der Waals surface area contributed by atoms with E-state index in [0.29, 0.717) is 12.1 Å². The van der Waals surface area contributed by atoms with E-state index in [1.54, 1.807) is 0 Å². The first kappa shape index (κ1) is 17.9. The molecule has 0 bridgehead atoms. The number of likely N-dealkylation sites (tertiary alicyclic amines) is 2. The molecule has 5 nitrogen and oxygen atoms in total. The highest BCUT2D eigenvalue weighted by Crippen LogP contribution is 2.26. The summed E-state index contributed by atoms with van der Waals surface area (Å²) in [5.41, 5.74) is 6.81. The van der Waals surface area contributed by atoms with Gasteiger partial charge in [-0.05, 0) is 51.2 Å². The smallest absolute Gasteiger partial charge is 0.253 e. The lowest BCUT2D eigenvalue weighted by molar-refractivity contribution is -0.141. The molecule has 5 heteroatoms. The standard InChI is InChI=1S/C20H29N3O2/c1-15(21)18-11-5-6-13-23(18)20(25)17-10-7-12-22(14-17)19(24)16-8-3-2-4-9-16/h2-4,8-9,15,17-18H,5-7,10-14,21H2,1H3. The predicted molar refractivity (Wildman–Crippen MR) is 98.1 cm³/mol. The number of hydrogen-bond donors (Lipinski definition) is 1. The topological polar surface area (TPSA) is 66.6 Å². The Morgan fingerprint density at radius 3 is 2.56 bits per heavy atom. The molecule has 0 aromatic heterocycles. The normalized spacial score (nSPS) is 25.5.